The minimum atomic E-state index is 0.422. The first-order valence-electron chi connectivity index (χ1n) is 4.65. The van der Waals surface area contributed by atoms with Gasteiger partial charge in [-0.15, -0.1) is 11.6 Å². The van der Waals surface area contributed by atoms with Gasteiger partial charge < -0.3 is 0 Å². The first-order chi connectivity index (χ1) is 6.63. The van der Waals surface area contributed by atoms with Gasteiger partial charge in [-0.05, 0) is 17.5 Å². The molecule has 0 aliphatic heterocycles. The minimum Gasteiger partial charge on any atom is -0.213 e. The third-order valence-corrected chi connectivity index (χ3v) is 4.40. The van der Waals surface area contributed by atoms with Crippen molar-refractivity contribution in [3.63, 3.8) is 0 Å². The van der Waals surface area contributed by atoms with Crippen LogP contribution in [0.3, 0.4) is 0 Å². The van der Waals surface area contributed by atoms with E-state index in [2.05, 4.69) is 30.1 Å². The molecule has 0 radical (unpaired) electrons. The van der Waals surface area contributed by atoms with E-state index in [1.165, 1.54) is 11.5 Å². The molecule has 2 nitrogen and oxygen atoms in total. The predicted molar refractivity (Wildman–Crippen MR) is 64.6 cm³/mol. The number of hydrogen-bond acceptors (Lipinski definition) is 4. The van der Waals surface area contributed by atoms with Gasteiger partial charge in [-0.25, -0.2) is 4.98 Å². The van der Waals surface area contributed by atoms with Crippen LogP contribution in [0.1, 0.15) is 32.5 Å². The van der Waals surface area contributed by atoms with Gasteiger partial charge in [0.15, 0.2) is 4.34 Å². The highest BCUT2D eigenvalue weighted by molar-refractivity contribution is 8.00. The number of halogens is 1. The Morgan fingerprint density at radius 3 is 2.64 bits per heavy atom. The SMILES string of the molecule is CC(CCl)CSc1nc(C(C)C)ns1. The topological polar surface area (TPSA) is 25.8 Å². The van der Waals surface area contributed by atoms with Gasteiger partial charge in [0.2, 0.25) is 0 Å². The van der Waals surface area contributed by atoms with Crippen molar-refractivity contribution in [3.8, 4) is 0 Å². The molecule has 0 aliphatic rings. The largest absolute Gasteiger partial charge is 0.213 e. The van der Waals surface area contributed by atoms with Crippen LogP contribution in [0.4, 0.5) is 0 Å². The molecule has 0 spiro atoms. The third-order valence-electron chi connectivity index (χ3n) is 1.69. The summed E-state index contributed by atoms with van der Waals surface area (Å²) in [6.07, 6.45) is 0. The Morgan fingerprint density at radius 2 is 2.14 bits per heavy atom. The number of thioether (sulfide) groups is 1. The molecule has 1 atom stereocenters. The van der Waals surface area contributed by atoms with Crippen LogP contribution in [0.25, 0.3) is 0 Å². The van der Waals surface area contributed by atoms with Crippen molar-refractivity contribution in [3.05, 3.63) is 5.82 Å². The summed E-state index contributed by atoms with van der Waals surface area (Å²) in [7, 11) is 0. The average molecular weight is 251 g/mol. The van der Waals surface area contributed by atoms with E-state index in [9.17, 15) is 0 Å². The van der Waals surface area contributed by atoms with Crippen molar-refractivity contribution in [2.75, 3.05) is 11.6 Å². The van der Waals surface area contributed by atoms with Gasteiger partial charge in [0.1, 0.15) is 5.82 Å². The molecule has 80 valence electrons. The van der Waals surface area contributed by atoms with Crippen LogP contribution in [0.5, 0.6) is 0 Å². The van der Waals surface area contributed by atoms with Crippen LogP contribution in [-0.4, -0.2) is 21.0 Å². The molecule has 5 heteroatoms. The van der Waals surface area contributed by atoms with Gasteiger partial charge in [-0.2, -0.15) is 4.37 Å². The van der Waals surface area contributed by atoms with E-state index >= 15 is 0 Å². The fourth-order valence-electron chi connectivity index (χ4n) is 0.771. The van der Waals surface area contributed by atoms with Gasteiger partial charge in [-0.3, -0.25) is 0 Å². The highest BCUT2D eigenvalue weighted by atomic mass is 35.5. The van der Waals surface area contributed by atoms with E-state index in [4.69, 9.17) is 11.6 Å². The van der Waals surface area contributed by atoms with Gasteiger partial charge in [0.05, 0.1) is 0 Å². The van der Waals surface area contributed by atoms with Crippen LogP contribution in [-0.2, 0) is 0 Å². The van der Waals surface area contributed by atoms with Crippen molar-refractivity contribution in [1.29, 1.82) is 0 Å². The van der Waals surface area contributed by atoms with Gasteiger partial charge in [-0.1, -0.05) is 32.5 Å². The Morgan fingerprint density at radius 1 is 1.43 bits per heavy atom. The first-order valence-corrected chi connectivity index (χ1v) is 6.95. The van der Waals surface area contributed by atoms with Gasteiger partial charge in [0.25, 0.3) is 0 Å². The lowest BCUT2D eigenvalue weighted by atomic mass is 10.2. The van der Waals surface area contributed by atoms with Crippen molar-refractivity contribution >= 4 is 34.9 Å². The van der Waals surface area contributed by atoms with E-state index in [1.807, 2.05) is 0 Å². The maximum absolute atomic E-state index is 5.73. The summed E-state index contributed by atoms with van der Waals surface area (Å²) in [6, 6.07) is 0. The lowest BCUT2D eigenvalue weighted by molar-refractivity contribution is 0.757. The zero-order valence-corrected chi connectivity index (χ0v) is 11.0. The van der Waals surface area contributed by atoms with E-state index < -0.39 is 0 Å². The molecular weight excluding hydrogens is 236 g/mol. The van der Waals surface area contributed by atoms with Crippen LogP contribution >= 0.6 is 34.9 Å². The molecule has 1 heterocycles. The maximum Gasteiger partial charge on any atom is 0.170 e. The molecule has 0 saturated carbocycles. The zero-order chi connectivity index (χ0) is 10.6. The molecule has 1 rings (SSSR count). The van der Waals surface area contributed by atoms with Crippen molar-refractivity contribution in [2.45, 2.75) is 31.0 Å². The highest BCUT2D eigenvalue weighted by Gasteiger charge is 2.09. The third kappa shape index (κ3) is 3.75. The average Bonchev–Trinajstić information content (AvgIpc) is 2.62. The number of alkyl halides is 1. The molecule has 0 aromatic carbocycles. The predicted octanol–water partition coefficient (Wildman–Crippen LogP) is 3.63. The molecule has 14 heavy (non-hydrogen) atoms. The summed E-state index contributed by atoms with van der Waals surface area (Å²) in [5, 5.41) is 0. The lowest BCUT2D eigenvalue weighted by Crippen LogP contribution is -1.98. The molecule has 0 bridgehead atoms. The molecule has 1 aromatic rings. The van der Waals surface area contributed by atoms with Crippen LogP contribution in [0.2, 0.25) is 0 Å². The van der Waals surface area contributed by atoms with E-state index in [1.54, 1.807) is 11.8 Å². The fraction of sp³-hybridized carbons (Fsp3) is 0.778. The quantitative estimate of drug-likeness (QED) is 0.590. The monoisotopic (exact) mass is 250 g/mol. The van der Waals surface area contributed by atoms with E-state index in [-0.39, 0.29) is 0 Å². The molecular formula is C9H15ClN2S2. The molecule has 0 aliphatic carbocycles. The molecule has 0 N–H and O–H groups in total. The maximum atomic E-state index is 5.73. The molecule has 0 amide bonds. The lowest BCUT2D eigenvalue weighted by Gasteiger charge is -2.03. The van der Waals surface area contributed by atoms with Crippen molar-refractivity contribution in [1.82, 2.24) is 9.36 Å². The first kappa shape index (κ1) is 12.3. The molecule has 1 aromatic heterocycles. The van der Waals surface area contributed by atoms with Crippen molar-refractivity contribution in [2.24, 2.45) is 5.92 Å². The summed E-state index contributed by atoms with van der Waals surface area (Å²) in [5.74, 6) is 3.65. The van der Waals surface area contributed by atoms with Crippen LogP contribution in [0, 0.1) is 5.92 Å². The van der Waals surface area contributed by atoms with Gasteiger partial charge >= 0.3 is 0 Å². The minimum absolute atomic E-state index is 0.422. The van der Waals surface area contributed by atoms with Crippen LogP contribution in [0.15, 0.2) is 4.34 Å². The Bertz CT molecular complexity index is 276. The highest BCUT2D eigenvalue weighted by Crippen LogP contribution is 2.25. The second-order valence-electron chi connectivity index (χ2n) is 3.64. The van der Waals surface area contributed by atoms with E-state index in [0.29, 0.717) is 17.7 Å². The smallest absolute Gasteiger partial charge is 0.170 e. The Kier molecular flexibility index (Phi) is 5.20. The summed E-state index contributed by atoms with van der Waals surface area (Å²) >= 11 is 8.97. The second kappa shape index (κ2) is 5.93. The zero-order valence-electron chi connectivity index (χ0n) is 8.66. The normalized spacial score (nSPS) is 13.5. The van der Waals surface area contributed by atoms with E-state index in [0.717, 1.165) is 15.9 Å². The Labute approximate surface area is 98.6 Å². The van der Waals surface area contributed by atoms with Gasteiger partial charge in [0, 0.05) is 17.6 Å². The fourth-order valence-corrected chi connectivity index (χ4v) is 2.80. The molecule has 1 unspecified atom stereocenters. The van der Waals surface area contributed by atoms with Crippen molar-refractivity contribution < 1.29 is 0 Å². The second-order valence-corrected chi connectivity index (χ2v) is 5.97. The van der Waals surface area contributed by atoms with Crippen LogP contribution < -0.4 is 0 Å². The summed E-state index contributed by atoms with van der Waals surface area (Å²) in [6.45, 7) is 6.36. The number of hydrogen-bond donors (Lipinski definition) is 0. The number of aromatic nitrogens is 2. The standard InChI is InChI=1S/C9H15ClN2S2/c1-6(2)8-11-9(14-12-8)13-5-7(3)4-10/h6-7H,4-5H2,1-3H3. The summed E-state index contributed by atoms with van der Waals surface area (Å²) in [4.78, 5) is 4.44. The summed E-state index contributed by atoms with van der Waals surface area (Å²) in [5.41, 5.74) is 0. The summed E-state index contributed by atoms with van der Waals surface area (Å²) < 4.78 is 5.36. The molecule has 0 saturated heterocycles. The Balaban J connectivity index is 2.44. The number of rotatable bonds is 5. The molecule has 0 fully saturated rings. The number of nitrogens with zero attached hydrogens (tertiary/aromatic N) is 2. The Hall–Kier alpha value is 0.200.